The van der Waals surface area contributed by atoms with E-state index in [0.29, 0.717) is 29.2 Å². The van der Waals surface area contributed by atoms with Gasteiger partial charge in [0.05, 0.1) is 7.11 Å². The van der Waals surface area contributed by atoms with Crippen LogP contribution in [0.1, 0.15) is 35.7 Å². The molecule has 0 aliphatic carbocycles. The Morgan fingerprint density at radius 2 is 1.64 bits per heavy atom. The van der Waals surface area contributed by atoms with Crippen molar-refractivity contribution in [3.63, 3.8) is 0 Å². The molecular weight excluding hydrogens is 288 g/mol. The number of carbonyl (C=O) groups is 1. The predicted octanol–water partition coefficient (Wildman–Crippen LogP) is 2.95. The first-order chi connectivity index (χ1) is 10.6. The third-order valence-electron chi connectivity index (χ3n) is 3.07. The molecule has 0 saturated carbocycles. The van der Waals surface area contributed by atoms with Gasteiger partial charge in [0, 0.05) is 32.3 Å². The Hall–Kier alpha value is -1.79. The maximum absolute atomic E-state index is 12.4. The highest BCUT2D eigenvalue weighted by atomic mass is 16.7. The van der Waals surface area contributed by atoms with Crippen LogP contribution in [0.3, 0.4) is 0 Å². The lowest BCUT2D eigenvalue weighted by Gasteiger charge is -2.19. The number of carbonyl (C=O) groups excluding carboxylic acids is 1. The number of Topliss-reactive ketones (excluding diaryl/α,β-unsaturated/α-hetero) is 1. The summed E-state index contributed by atoms with van der Waals surface area (Å²) in [6.07, 6.45) is 1.16. The van der Waals surface area contributed by atoms with Gasteiger partial charge in [-0.1, -0.05) is 6.92 Å². The lowest BCUT2D eigenvalue weighted by Crippen LogP contribution is -2.11. The highest BCUT2D eigenvalue weighted by Crippen LogP contribution is 2.39. The van der Waals surface area contributed by atoms with E-state index in [9.17, 15) is 4.79 Å². The van der Waals surface area contributed by atoms with E-state index in [4.69, 9.17) is 23.7 Å². The molecule has 0 spiro atoms. The zero-order valence-electron chi connectivity index (χ0n) is 13.9. The highest BCUT2D eigenvalue weighted by molar-refractivity contribution is 6.02. The van der Waals surface area contributed by atoms with Gasteiger partial charge in [-0.3, -0.25) is 4.79 Å². The number of hydrogen-bond donors (Lipinski definition) is 0. The molecule has 0 aromatic heterocycles. The van der Waals surface area contributed by atoms with Crippen LogP contribution in [0.5, 0.6) is 17.2 Å². The zero-order chi connectivity index (χ0) is 16.5. The number of methoxy groups -OCH3 is 3. The minimum Gasteiger partial charge on any atom is -0.495 e. The Labute approximate surface area is 131 Å². The van der Waals surface area contributed by atoms with E-state index in [1.54, 1.807) is 6.07 Å². The summed E-state index contributed by atoms with van der Waals surface area (Å²) in [4.78, 5) is 12.4. The third kappa shape index (κ3) is 4.35. The average molecular weight is 312 g/mol. The predicted molar refractivity (Wildman–Crippen MR) is 82.0 cm³/mol. The molecule has 0 radical (unpaired) electrons. The van der Waals surface area contributed by atoms with Crippen molar-refractivity contribution in [1.82, 2.24) is 0 Å². The van der Waals surface area contributed by atoms with E-state index in [1.165, 1.54) is 21.3 Å². The van der Waals surface area contributed by atoms with Gasteiger partial charge in [-0.05, 0) is 13.3 Å². The summed E-state index contributed by atoms with van der Waals surface area (Å²) in [6, 6.07) is 1.67. The Morgan fingerprint density at radius 1 is 1.05 bits per heavy atom. The van der Waals surface area contributed by atoms with Crippen molar-refractivity contribution in [3.8, 4) is 17.2 Å². The number of rotatable bonds is 10. The first-order valence-electron chi connectivity index (χ1n) is 7.08. The molecule has 0 aliphatic rings. The number of ketones is 1. The van der Waals surface area contributed by atoms with Gasteiger partial charge in [0.15, 0.2) is 19.4 Å². The SMILES string of the molecule is CCCC(=O)c1c(OCOC)cc(OCOC)c(C)c1OC. The molecule has 0 aliphatic heterocycles. The van der Waals surface area contributed by atoms with Crippen molar-refractivity contribution in [2.45, 2.75) is 26.7 Å². The molecule has 0 N–H and O–H groups in total. The maximum Gasteiger partial charge on any atom is 0.188 e. The van der Waals surface area contributed by atoms with Gasteiger partial charge in [0.2, 0.25) is 0 Å². The number of benzene rings is 1. The van der Waals surface area contributed by atoms with Crippen molar-refractivity contribution in [2.24, 2.45) is 0 Å². The van der Waals surface area contributed by atoms with Gasteiger partial charge < -0.3 is 23.7 Å². The van der Waals surface area contributed by atoms with Crippen LogP contribution in [0, 0.1) is 6.92 Å². The molecule has 0 atom stereocenters. The van der Waals surface area contributed by atoms with Crippen molar-refractivity contribution in [3.05, 3.63) is 17.2 Å². The molecule has 0 bridgehead atoms. The first kappa shape index (κ1) is 18.3. The first-order valence-corrected chi connectivity index (χ1v) is 7.08. The summed E-state index contributed by atoms with van der Waals surface area (Å²) in [5, 5.41) is 0. The maximum atomic E-state index is 12.4. The quantitative estimate of drug-likeness (QED) is 0.489. The Morgan fingerprint density at radius 3 is 2.14 bits per heavy atom. The van der Waals surface area contributed by atoms with Crippen LogP contribution in [-0.4, -0.2) is 40.7 Å². The van der Waals surface area contributed by atoms with Crippen LogP contribution < -0.4 is 14.2 Å². The Bertz CT molecular complexity index is 498. The molecule has 0 fully saturated rings. The van der Waals surface area contributed by atoms with Gasteiger partial charge in [0.25, 0.3) is 0 Å². The smallest absolute Gasteiger partial charge is 0.188 e. The van der Waals surface area contributed by atoms with Gasteiger partial charge in [-0.2, -0.15) is 0 Å². The summed E-state index contributed by atoms with van der Waals surface area (Å²) in [6.45, 7) is 3.90. The molecule has 0 amide bonds. The summed E-state index contributed by atoms with van der Waals surface area (Å²) in [5.41, 5.74) is 1.15. The molecule has 0 heterocycles. The Kier molecular flexibility index (Phi) is 7.70. The number of hydrogen-bond acceptors (Lipinski definition) is 6. The highest BCUT2D eigenvalue weighted by Gasteiger charge is 2.23. The van der Waals surface area contributed by atoms with Crippen LogP contribution in [0.2, 0.25) is 0 Å². The minimum atomic E-state index is -0.0353. The second-order valence-corrected chi connectivity index (χ2v) is 4.68. The second kappa shape index (κ2) is 9.27. The molecule has 1 aromatic carbocycles. The fourth-order valence-corrected chi connectivity index (χ4v) is 2.09. The van der Waals surface area contributed by atoms with E-state index in [-0.39, 0.29) is 19.4 Å². The van der Waals surface area contributed by atoms with Crippen LogP contribution in [0.4, 0.5) is 0 Å². The number of ether oxygens (including phenoxy) is 5. The minimum absolute atomic E-state index is 0.0301. The van der Waals surface area contributed by atoms with Crippen LogP contribution >= 0.6 is 0 Å². The molecule has 1 rings (SSSR count). The molecule has 0 unspecified atom stereocenters. The standard InChI is InChI=1S/C16H24O6/c1-6-7-12(17)15-14(22-10-19-4)8-13(21-9-18-3)11(2)16(15)20-5/h8H,6-7,9-10H2,1-5H3. The van der Waals surface area contributed by atoms with Gasteiger partial charge in [-0.15, -0.1) is 0 Å². The molecule has 1 aromatic rings. The zero-order valence-corrected chi connectivity index (χ0v) is 13.9. The van der Waals surface area contributed by atoms with E-state index < -0.39 is 0 Å². The lowest BCUT2D eigenvalue weighted by molar-refractivity contribution is 0.0448. The molecular formula is C16H24O6. The summed E-state index contributed by atoms with van der Waals surface area (Å²) in [7, 11) is 4.57. The van der Waals surface area contributed by atoms with E-state index in [1.807, 2.05) is 13.8 Å². The van der Waals surface area contributed by atoms with E-state index >= 15 is 0 Å². The van der Waals surface area contributed by atoms with Crippen molar-refractivity contribution in [2.75, 3.05) is 34.9 Å². The van der Waals surface area contributed by atoms with Crippen LogP contribution in [-0.2, 0) is 9.47 Å². The molecule has 6 heteroatoms. The van der Waals surface area contributed by atoms with Crippen molar-refractivity contribution >= 4 is 5.78 Å². The van der Waals surface area contributed by atoms with E-state index in [0.717, 1.165) is 12.0 Å². The molecule has 6 nitrogen and oxygen atoms in total. The molecule has 124 valence electrons. The third-order valence-corrected chi connectivity index (χ3v) is 3.07. The Balaban J connectivity index is 3.36. The normalized spacial score (nSPS) is 10.4. The molecule has 22 heavy (non-hydrogen) atoms. The average Bonchev–Trinajstić information content (AvgIpc) is 2.51. The second-order valence-electron chi connectivity index (χ2n) is 4.68. The summed E-state index contributed by atoms with van der Waals surface area (Å²) >= 11 is 0. The topological polar surface area (TPSA) is 63.2 Å². The van der Waals surface area contributed by atoms with Gasteiger partial charge >= 0.3 is 0 Å². The largest absolute Gasteiger partial charge is 0.495 e. The summed E-state index contributed by atoms with van der Waals surface area (Å²) < 4.78 is 26.3. The van der Waals surface area contributed by atoms with Crippen LogP contribution in [0.15, 0.2) is 6.07 Å². The fourth-order valence-electron chi connectivity index (χ4n) is 2.09. The van der Waals surface area contributed by atoms with Crippen molar-refractivity contribution < 1.29 is 28.5 Å². The monoisotopic (exact) mass is 312 g/mol. The lowest BCUT2D eigenvalue weighted by atomic mass is 10.0. The van der Waals surface area contributed by atoms with Crippen molar-refractivity contribution in [1.29, 1.82) is 0 Å². The molecule has 0 saturated heterocycles. The van der Waals surface area contributed by atoms with Crippen LogP contribution in [0.25, 0.3) is 0 Å². The van der Waals surface area contributed by atoms with E-state index in [2.05, 4.69) is 0 Å². The summed E-state index contributed by atoms with van der Waals surface area (Å²) in [5.74, 6) is 1.34. The van der Waals surface area contributed by atoms with Gasteiger partial charge in [-0.25, -0.2) is 0 Å². The fraction of sp³-hybridized carbons (Fsp3) is 0.562. The van der Waals surface area contributed by atoms with Gasteiger partial charge in [0.1, 0.15) is 22.8 Å².